The highest BCUT2D eigenvalue weighted by Crippen LogP contribution is 2.42. The van der Waals surface area contributed by atoms with Crippen LogP contribution in [0, 0.1) is 5.41 Å². The molecule has 1 unspecified atom stereocenters. The van der Waals surface area contributed by atoms with Crippen molar-refractivity contribution in [1.29, 1.82) is 0 Å². The van der Waals surface area contributed by atoms with Crippen molar-refractivity contribution in [2.24, 2.45) is 5.41 Å². The molecule has 1 aromatic carbocycles. The van der Waals surface area contributed by atoms with Gasteiger partial charge in [0.2, 0.25) is 0 Å². The second kappa shape index (κ2) is 6.01. The van der Waals surface area contributed by atoms with Crippen molar-refractivity contribution in [2.75, 3.05) is 19.2 Å². The van der Waals surface area contributed by atoms with E-state index in [0.717, 1.165) is 24.0 Å². The van der Waals surface area contributed by atoms with Crippen LogP contribution < -0.4 is 5.32 Å². The summed E-state index contributed by atoms with van der Waals surface area (Å²) in [5, 5.41) is 3.12. The Kier molecular flexibility index (Phi) is 4.63. The lowest BCUT2D eigenvalue weighted by Gasteiger charge is -2.38. The largest absolute Gasteiger partial charge is 0.465 e. The summed E-state index contributed by atoms with van der Waals surface area (Å²) in [7, 11) is -1.73. The van der Waals surface area contributed by atoms with Gasteiger partial charge in [-0.1, -0.05) is 26.0 Å². The van der Waals surface area contributed by atoms with Crippen LogP contribution in [0.25, 0.3) is 0 Å². The number of carbonyl (C=O) groups is 1. The first-order valence-corrected chi connectivity index (χ1v) is 9.30. The number of esters is 1. The van der Waals surface area contributed by atoms with Crippen LogP contribution >= 0.6 is 0 Å². The van der Waals surface area contributed by atoms with Gasteiger partial charge in [0.1, 0.15) is 0 Å². The SMILES string of the molecule is COC(=O)c1cccc2c1CC(C)(C)CC2NCS(C)(=O)=O. The van der Waals surface area contributed by atoms with Gasteiger partial charge in [0.05, 0.1) is 18.6 Å². The van der Waals surface area contributed by atoms with Crippen LogP contribution in [0.4, 0.5) is 0 Å². The normalized spacial score (nSPS) is 20.3. The molecule has 0 radical (unpaired) electrons. The Balaban J connectivity index is 2.43. The summed E-state index contributed by atoms with van der Waals surface area (Å²) in [5.41, 5.74) is 2.49. The van der Waals surface area contributed by atoms with E-state index in [9.17, 15) is 13.2 Å². The van der Waals surface area contributed by atoms with Crippen LogP contribution in [0.2, 0.25) is 0 Å². The van der Waals surface area contributed by atoms with E-state index in [-0.39, 0.29) is 23.3 Å². The minimum absolute atomic E-state index is 0.0215. The van der Waals surface area contributed by atoms with Crippen molar-refractivity contribution in [1.82, 2.24) is 5.32 Å². The zero-order valence-corrected chi connectivity index (χ0v) is 14.3. The van der Waals surface area contributed by atoms with Gasteiger partial charge in [-0.2, -0.15) is 0 Å². The summed E-state index contributed by atoms with van der Waals surface area (Å²) >= 11 is 0. The topological polar surface area (TPSA) is 72.5 Å². The number of carbonyl (C=O) groups excluding carboxylic acids is 1. The molecule has 0 amide bonds. The van der Waals surface area contributed by atoms with Crippen molar-refractivity contribution in [3.05, 3.63) is 34.9 Å². The molecule has 0 saturated heterocycles. The number of methoxy groups -OCH3 is 1. The average Bonchev–Trinajstić information content (AvgIpc) is 2.41. The van der Waals surface area contributed by atoms with Gasteiger partial charge in [-0.3, -0.25) is 5.32 Å². The molecule has 1 aromatic rings. The molecular formula is C16H23NO4S. The van der Waals surface area contributed by atoms with Gasteiger partial charge in [0.25, 0.3) is 0 Å². The Morgan fingerprint density at radius 1 is 1.41 bits per heavy atom. The highest BCUT2D eigenvalue weighted by atomic mass is 32.2. The standard InChI is InChI=1S/C16H23NO4S/c1-16(2)8-13-11(6-5-7-12(13)15(18)21-3)14(9-16)17-10-22(4,19)20/h5-7,14,17H,8-10H2,1-4H3. The van der Waals surface area contributed by atoms with Crippen LogP contribution in [-0.2, 0) is 21.0 Å². The van der Waals surface area contributed by atoms with Crippen LogP contribution in [0.5, 0.6) is 0 Å². The van der Waals surface area contributed by atoms with E-state index in [4.69, 9.17) is 4.74 Å². The van der Waals surface area contributed by atoms with Crippen LogP contribution in [0.3, 0.4) is 0 Å². The molecular weight excluding hydrogens is 302 g/mol. The highest BCUT2D eigenvalue weighted by molar-refractivity contribution is 7.90. The van der Waals surface area contributed by atoms with Crippen LogP contribution in [-0.4, -0.2) is 33.6 Å². The summed E-state index contributed by atoms with van der Waals surface area (Å²) in [6.45, 7) is 4.25. The molecule has 1 N–H and O–H groups in total. The van der Waals surface area contributed by atoms with Crippen LogP contribution in [0.15, 0.2) is 18.2 Å². The zero-order valence-electron chi connectivity index (χ0n) is 13.5. The van der Waals surface area contributed by atoms with Crippen molar-refractivity contribution < 1.29 is 17.9 Å². The summed E-state index contributed by atoms with van der Waals surface area (Å²) in [6.07, 6.45) is 2.80. The van der Waals surface area contributed by atoms with Gasteiger partial charge in [-0.15, -0.1) is 0 Å². The molecule has 0 spiro atoms. The maximum absolute atomic E-state index is 12.0. The number of hydrogen-bond donors (Lipinski definition) is 1. The number of benzene rings is 1. The molecule has 1 aliphatic rings. The smallest absolute Gasteiger partial charge is 0.338 e. The number of sulfone groups is 1. The first-order chi connectivity index (χ1) is 10.1. The van der Waals surface area contributed by atoms with Gasteiger partial charge in [-0.05, 0) is 35.4 Å². The molecule has 22 heavy (non-hydrogen) atoms. The van der Waals surface area contributed by atoms with Crippen molar-refractivity contribution in [3.63, 3.8) is 0 Å². The Bertz CT molecular complexity index is 679. The van der Waals surface area contributed by atoms with E-state index in [0.29, 0.717) is 5.56 Å². The van der Waals surface area contributed by atoms with E-state index in [2.05, 4.69) is 19.2 Å². The molecule has 0 aliphatic heterocycles. The quantitative estimate of drug-likeness (QED) is 0.858. The van der Waals surface area contributed by atoms with Crippen LogP contribution in [0.1, 0.15) is 47.8 Å². The molecule has 2 rings (SSSR count). The third kappa shape index (κ3) is 3.87. The van der Waals surface area contributed by atoms with E-state index in [1.807, 2.05) is 12.1 Å². The van der Waals surface area contributed by atoms with Crippen molar-refractivity contribution in [3.8, 4) is 0 Å². The first kappa shape index (κ1) is 17.0. The van der Waals surface area contributed by atoms with E-state index < -0.39 is 9.84 Å². The Morgan fingerprint density at radius 2 is 2.09 bits per heavy atom. The lowest BCUT2D eigenvalue weighted by Crippen LogP contribution is -2.36. The number of fused-ring (bicyclic) bond motifs is 1. The van der Waals surface area contributed by atoms with Gasteiger partial charge in [-0.25, -0.2) is 13.2 Å². The number of nitrogens with one attached hydrogen (secondary N) is 1. The first-order valence-electron chi connectivity index (χ1n) is 7.24. The predicted molar refractivity (Wildman–Crippen MR) is 85.5 cm³/mol. The molecule has 5 nitrogen and oxygen atoms in total. The summed E-state index contributed by atoms with van der Waals surface area (Å²) in [6, 6.07) is 5.45. The molecule has 0 fully saturated rings. The molecule has 0 aromatic heterocycles. The third-order valence-corrected chi connectivity index (χ3v) is 4.69. The van der Waals surface area contributed by atoms with Crippen molar-refractivity contribution in [2.45, 2.75) is 32.7 Å². The Labute approximate surface area is 132 Å². The van der Waals surface area contributed by atoms with Gasteiger partial charge < -0.3 is 4.74 Å². The van der Waals surface area contributed by atoms with Gasteiger partial charge in [0.15, 0.2) is 9.84 Å². The van der Waals surface area contributed by atoms with Gasteiger partial charge >= 0.3 is 5.97 Å². The molecule has 122 valence electrons. The molecule has 1 aliphatic carbocycles. The van der Waals surface area contributed by atoms with E-state index in [1.165, 1.54) is 13.4 Å². The third-order valence-electron chi connectivity index (χ3n) is 4.00. The average molecular weight is 325 g/mol. The number of rotatable bonds is 4. The second-order valence-corrected chi connectivity index (χ2v) is 8.88. The lowest BCUT2D eigenvalue weighted by molar-refractivity contribution is 0.0598. The highest BCUT2D eigenvalue weighted by Gasteiger charge is 2.34. The molecule has 1 atom stereocenters. The molecule has 6 heteroatoms. The minimum atomic E-state index is -3.10. The fraction of sp³-hybridized carbons (Fsp3) is 0.562. The number of ether oxygens (including phenoxy) is 1. The molecule has 0 saturated carbocycles. The fourth-order valence-electron chi connectivity index (χ4n) is 3.08. The second-order valence-electron chi connectivity index (χ2n) is 6.74. The maximum atomic E-state index is 12.0. The minimum Gasteiger partial charge on any atom is -0.465 e. The summed E-state index contributed by atoms with van der Waals surface area (Å²) in [5.74, 6) is -0.424. The lowest BCUT2D eigenvalue weighted by atomic mass is 9.71. The zero-order chi connectivity index (χ0) is 16.5. The van der Waals surface area contributed by atoms with Gasteiger partial charge in [0, 0.05) is 12.3 Å². The Hall–Kier alpha value is -1.40. The predicted octanol–water partition coefficient (Wildman–Crippen LogP) is 2.08. The number of hydrogen-bond acceptors (Lipinski definition) is 5. The monoisotopic (exact) mass is 325 g/mol. The Morgan fingerprint density at radius 3 is 2.68 bits per heavy atom. The maximum Gasteiger partial charge on any atom is 0.338 e. The molecule has 0 bridgehead atoms. The molecule has 0 heterocycles. The summed E-state index contributed by atoms with van der Waals surface area (Å²) < 4.78 is 27.7. The fourth-order valence-corrected chi connectivity index (χ4v) is 3.58. The van der Waals surface area contributed by atoms with Crippen molar-refractivity contribution >= 4 is 15.8 Å². The summed E-state index contributed by atoms with van der Waals surface area (Å²) in [4.78, 5) is 12.0. The van der Waals surface area contributed by atoms with E-state index in [1.54, 1.807) is 6.07 Å². The van der Waals surface area contributed by atoms with E-state index >= 15 is 0 Å².